The van der Waals surface area contributed by atoms with E-state index >= 15 is 0 Å². The average molecular weight is 908 g/mol. The summed E-state index contributed by atoms with van der Waals surface area (Å²) in [6.07, 6.45) is -8.95. The van der Waals surface area contributed by atoms with Gasteiger partial charge in [0, 0.05) is 17.7 Å². The first-order valence-corrected chi connectivity index (χ1v) is 21.5. The van der Waals surface area contributed by atoms with Gasteiger partial charge in [-0.1, -0.05) is 26.0 Å². The molecule has 2 aliphatic carbocycles. The first-order chi connectivity index (χ1) is 28.8. The molecule has 7 atom stereocenters. The van der Waals surface area contributed by atoms with Crippen LogP contribution in [0.2, 0.25) is 0 Å². The quantitative estimate of drug-likeness (QED) is 0.203. The molecule has 62 heavy (non-hydrogen) atoms. The highest BCUT2D eigenvalue weighted by atomic mass is 32.2. The van der Waals surface area contributed by atoms with Crippen LogP contribution in [0.25, 0.3) is 10.8 Å². The van der Waals surface area contributed by atoms with Gasteiger partial charge in [-0.25, -0.2) is 22.6 Å². The molecule has 3 fully saturated rings. The summed E-state index contributed by atoms with van der Waals surface area (Å²) in [7, 11) is -3.24. The van der Waals surface area contributed by atoms with Crippen molar-refractivity contribution in [3.8, 4) is 11.6 Å². The van der Waals surface area contributed by atoms with E-state index < -0.39 is 123 Å². The number of halogens is 7. The number of methoxy groups -OCH3 is 1. The Bertz CT molecular complexity index is 2230. The smallest absolute Gasteiger partial charge is 0.433 e. The number of pyridine rings is 1. The molecule has 14 nitrogen and oxygen atoms in total. The standard InChI is InChI=1S/C40H48F7N5O9S/c1-21-8-6-7-9-24-18-38(24,34(55)51-62(57,58)37(20-41)12-13-37)50-31(53)28-17-26(60-32-27-11-10-25(59-5)15-23(27)16-29(48-32)39(42,43)44)19-52(28)33(54)30(22(2)14-21)49-35(56)61-36(3,4)40(45,46)47/h7,9-11,15-16,21-22,24,26,28,30H,6,8,12-14,17-20H2,1-5H3,(H,49,56)(H,50,53)(H,51,55). The number of carbonyl (C=O) groups is 4. The Morgan fingerprint density at radius 1 is 1.05 bits per heavy atom. The molecule has 4 amide bonds. The zero-order chi connectivity index (χ0) is 45.8. The Morgan fingerprint density at radius 2 is 1.74 bits per heavy atom. The van der Waals surface area contributed by atoms with Gasteiger partial charge in [-0.05, 0) is 93.9 Å². The highest BCUT2D eigenvalue weighted by molar-refractivity contribution is 7.91. The zero-order valence-corrected chi connectivity index (χ0v) is 35.2. The predicted octanol–water partition coefficient (Wildman–Crippen LogP) is 5.88. The van der Waals surface area contributed by atoms with Crippen LogP contribution < -0.4 is 24.8 Å². The number of aromatic nitrogens is 1. The lowest BCUT2D eigenvalue weighted by Gasteiger charge is -2.34. The molecule has 2 aliphatic heterocycles. The number of fused-ring (bicyclic) bond motifs is 3. The number of alkyl carbamates (subject to hydrolysis) is 1. The van der Waals surface area contributed by atoms with Crippen molar-refractivity contribution in [2.75, 3.05) is 20.3 Å². The van der Waals surface area contributed by atoms with Crippen LogP contribution in [0.5, 0.6) is 11.6 Å². The number of hydrogen-bond donors (Lipinski definition) is 3. The summed E-state index contributed by atoms with van der Waals surface area (Å²) >= 11 is 0. The minimum atomic E-state index is -5.01. The Balaban J connectivity index is 1.39. The first-order valence-electron chi connectivity index (χ1n) is 20.0. The van der Waals surface area contributed by atoms with Gasteiger partial charge in [0.1, 0.15) is 46.6 Å². The van der Waals surface area contributed by atoms with Gasteiger partial charge in [0.05, 0.1) is 13.7 Å². The van der Waals surface area contributed by atoms with Crippen LogP contribution in [0.4, 0.5) is 35.5 Å². The molecule has 0 radical (unpaired) electrons. The Morgan fingerprint density at radius 3 is 2.35 bits per heavy atom. The molecule has 2 aromatic rings. The summed E-state index contributed by atoms with van der Waals surface area (Å²) in [5, 5.41) is 4.97. The minimum Gasteiger partial charge on any atom is -0.497 e. The van der Waals surface area contributed by atoms with E-state index in [1.54, 1.807) is 19.1 Å². The number of rotatable bonds is 9. The minimum absolute atomic E-state index is 0.0207. The lowest BCUT2D eigenvalue weighted by atomic mass is 9.88. The summed E-state index contributed by atoms with van der Waals surface area (Å²) in [6, 6.07) is 1.69. The zero-order valence-electron chi connectivity index (χ0n) is 34.4. The molecule has 1 aromatic carbocycles. The summed E-state index contributed by atoms with van der Waals surface area (Å²) < 4.78 is 140. The number of benzene rings is 1. The number of sulfonamides is 1. The van der Waals surface area contributed by atoms with Gasteiger partial charge in [0.15, 0.2) is 0 Å². The van der Waals surface area contributed by atoms with Crippen molar-refractivity contribution in [2.24, 2.45) is 17.8 Å². The fourth-order valence-electron chi connectivity index (χ4n) is 7.92. The number of ether oxygens (including phenoxy) is 3. The molecular formula is C40H48F7N5O9S. The summed E-state index contributed by atoms with van der Waals surface area (Å²) in [6.45, 7) is 2.83. The fraction of sp³-hybridized carbons (Fsp3) is 0.625. The molecule has 4 aliphatic rings. The highest BCUT2D eigenvalue weighted by Gasteiger charge is 2.64. The molecule has 2 saturated carbocycles. The van der Waals surface area contributed by atoms with E-state index in [2.05, 4.69) is 15.6 Å². The summed E-state index contributed by atoms with van der Waals surface area (Å²) in [4.78, 5) is 60.9. The Labute approximate surface area is 352 Å². The molecule has 6 rings (SSSR count). The van der Waals surface area contributed by atoms with Gasteiger partial charge in [-0.3, -0.25) is 19.1 Å². The van der Waals surface area contributed by atoms with Crippen LogP contribution in [0.3, 0.4) is 0 Å². The molecule has 7 unspecified atom stereocenters. The van der Waals surface area contributed by atoms with E-state index in [1.807, 2.05) is 11.6 Å². The van der Waals surface area contributed by atoms with Crippen molar-refractivity contribution in [2.45, 2.75) is 119 Å². The number of carbonyl (C=O) groups excluding carboxylic acids is 4. The van der Waals surface area contributed by atoms with Gasteiger partial charge in [-0.15, -0.1) is 0 Å². The SMILES string of the molecule is COc1ccc2c(OC3CC4C(=O)NC5(C(=O)NS(=O)(=O)C6(CF)CC6)CC5C=CCCC(C)CC(C)C(NC(=O)OC(C)(C)C(F)(F)F)C(=O)N4C3)nc(C(F)(F)F)cc2c1. The first kappa shape index (κ1) is 46.6. The van der Waals surface area contributed by atoms with Crippen LogP contribution >= 0.6 is 0 Å². The maximum absolute atomic E-state index is 14.7. The molecule has 1 aromatic heterocycles. The third kappa shape index (κ3) is 9.39. The molecule has 3 heterocycles. The Hall–Kier alpha value is -4.89. The van der Waals surface area contributed by atoms with E-state index in [9.17, 15) is 58.3 Å². The van der Waals surface area contributed by atoms with Crippen LogP contribution in [0.15, 0.2) is 36.4 Å². The van der Waals surface area contributed by atoms with Crippen molar-refractivity contribution in [1.29, 1.82) is 0 Å². The van der Waals surface area contributed by atoms with Crippen molar-refractivity contribution >= 4 is 44.6 Å². The fourth-order valence-corrected chi connectivity index (χ4v) is 9.35. The van der Waals surface area contributed by atoms with Crippen LogP contribution in [-0.2, 0) is 35.3 Å². The molecule has 1 saturated heterocycles. The third-order valence-electron chi connectivity index (χ3n) is 12.1. The van der Waals surface area contributed by atoms with E-state index in [1.165, 1.54) is 25.3 Å². The molecular weight excluding hydrogens is 860 g/mol. The maximum atomic E-state index is 14.7. The van der Waals surface area contributed by atoms with Crippen molar-refractivity contribution in [1.82, 2.24) is 25.2 Å². The van der Waals surface area contributed by atoms with Crippen molar-refractivity contribution in [3.63, 3.8) is 0 Å². The topological polar surface area (TPSA) is 182 Å². The van der Waals surface area contributed by atoms with Gasteiger partial charge < -0.3 is 29.7 Å². The number of allylic oxidation sites excluding steroid dienone is 1. The highest BCUT2D eigenvalue weighted by Crippen LogP contribution is 2.48. The molecule has 3 N–H and O–H groups in total. The number of amides is 4. The number of nitrogens with one attached hydrogen (secondary N) is 3. The van der Waals surface area contributed by atoms with Crippen LogP contribution in [0, 0.1) is 17.8 Å². The van der Waals surface area contributed by atoms with Gasteiger partial charge in [-0.2, -0.15) is 26.3 Å². The van der Waals surface area contributed by atoms with Gasteiger partial charge >= 0.3 is 18.4 Å². The monoisotopic (exact) mass is 907 g/mol. The molecule has 0 bridgehead atoms. The summed E-state index contributed by atoms with van der Waals surface area (Å²) in [5.41, 5.74) is -6.23. The third-order valence-corrected chi connectivity index (χ3v) is 14.3. The molecule has 342 valence electrons. The Kier molecular flexibility index (Phi) is 12.5. The lowest BCUT2D eigenvalue weighted by molar-refractivity contribution is -0.244. The normalized spacial score (nSPS) is 28.1. The predicted molar refractivity (Wildman–Crippen MR) is 207 cm³/mol. The van der Waals surface area contributed by atoms with Crippen molar-refractivity contribution < 1.29 is 72.5 Å². The van der Waals surface area contributed by atoms with Crippen LogP contribution in [0.1, 0.15) is 78.3 Å². The van der Waals surface area contributed by atoms with Crippen LogP contribution in [-0.4, -0.2) is 103 Å². The largest absolute Gasteiger partial charge is 0.497 e. The summed E-state index contributed by atoms with van der Waals surface area (Å²) in [5.74, 6) is -5.21. The molecule has 22 heteroatoms. The van der Waals surface area contributed by atoms with E-state index in [-0.39, 0.29) is 48.1 Å². The second-order valence-electron chi connectivity index (χ2n) is 17.2. The van der Waals surface area contributed by atoms with Crippen molar-refractivity contribution in [3.05, 3.63) is 42.1 Å². The number of nitrogens with zero attached hydrogens (tertiary/aromatic N) is 2. The lowest BCUT2D eigenvalue weighted by Crippen LogP contribution is -2.60. The number of hydrogen-bond acceptors (Lipinski definition) is 10. The van der Waals surface area contributed by atoms with E-state index in [0.717, 1.165) is 11.0 Å². The van der Waals surface area contributed by atoms with E-state index in [0.29, 0.717) is 26.7 Å². The number of alkyl halides is 7. The van der Waals surface area contributed by atoms with Gasteiger partial charge in [0.25, 0.3) is 5.91 Å². The average Bonchev–Trinajstić information content (AvgIpc) is 4.08. The second-order valence-corrected chi connectivity index (χ2v) is 19.3. The second kappa shape index (κ2) is 16.7. The molecule has 0 spiro atoms. The maximum Gasteiger partial charge on any atom is 0.433 e. The van der Waals surface area contributed by atoms with Gasteiger partial charge in [0.2, 0.25) is 33.3 Å². The van der Waals surface area contributed by atoms with E-state index in [4.69, 9.17) is 14.2 Å².